The van der Waals surface area contributed by atoms with Gasteiger partial charge in [0.05, 0.1) is 0 Å². The average Bonchev–Trinajstić information content (AvgIpc) is 2.80. The zero-order chi connectivity index (χ0) is 12.4. The summed E-state index contributed by atoms with van der Waals surface area (Å²) in [6, 6.07) is 1.04. The number of ether oxygens (including phenoxy) is 1. The van der Waals surface area contributed by atoms with E-state index in [9.17, 15) is 4.79 Å². The monoisotopic (exact) mass is 240 g/mol. The Labute approximate surface area is 104 Å². The molecule has 0 N–H and O–H groups in total. The van der Waals surface area contributed by atoms with Crippen molar-refractivity contribution in [3.63, 3.8) is 0 Å². The largest absolute Gasteiger partial charge is 0.375 e. The van der Waals surface area contributed by atoms with Crippen molar-refractivity contribution in [2.75, 3.05) is 33.4 Å². The van der Waals surface area contributed by atoms with Gasteiger partial charge in [-0.05, 0) is 18.8 Å². The molecule has 0 bridgehead atoms. The molecule has 2 rings (SSSR count). The highest BCUT2D eigenvalue weighted by atomic mass is 16.5. The van der Waals surface area contributed by atoms with E-state index in [1.807, 2.05) is 4.90 Å². The summed E-state index contributed by atoms with van der Waals surface area (Å²) in [5.41, 5.74) is 0. The molecular formula is C13H24N2O2. The van der Waals surface area contributed by atoms with Crippen LogP contribution in [0.4, 0.5) is 0 Å². The van der Waals surface area contributed by atoms with Gasteiger partial charge >= 0.3 is 0 Å². The van der Waals surface area contributed by atoms with Gasteiger partial charge < -0.3 is 9.64 Å². The maximum atomic E-state index is 11.9. The normalized spacial score (nSPS) is 29.1. The molecule has 2 aliphatic heterocycles. The molecule has 0 aromatic rings. The number of nitrogens with zero attached hydrogens (tertiary/aromatic N) is 2. The highest BCUT2D eigenvalue weighted by Crippen LogP contribution is 2.31. The molecule has 2 aliphatic rings. The Bertz CT molecular complexity index is 281. The van der Waals surface area contributed by atoms with Gasteiger partial charge in [-0.3, -0.25) is 9.69 Å². The van der Waals surface area contributed by atoms with Gasteiger partial charge in [-0.1, -0.05) is 13.8 Å². The first kappa shape index (κ1) is 12.8. The predicted octanol–water partition coefficient (Wildman–Crippen LogP) is 0.964. The molecule has 0 unspecified atom stereocenters. The van der Waals surface area contributed by atoms with Gasteiger partial charge in [0.1, 0.15) is 6.61 Å². The Morgan fingerprint density at radius 1 is 1.29 bits per heavy atom. The average molecular weight is 240 g/mol. The summed E-state index contributed by atoms with van der Waals surface area (Å²) in [6.07, 6.45) is 2.26. The van der Waals surface area contributed by atoms with Gasteiger partial charge in [-0.25, -0.2) is 0 Å². The molecular weight excluding hydrogens is 216 g/mol. The van der Waals surface area contributed by atoms with Crippen LogP contribution in [-0.4, -0.2) is 61.1 Å². The molecule has 0 saturated carbocycles. The third-order valence-corrected chi connectivity index (χ3v) is 3.88. The first-order valence-corrected chi connectivity index (χ1v) is 6.66. The summed E-state index contributed by atoms with van der Waals surface area (Å²) in [5.74, 6) is 0.865. The minimum atomic E-state index is 0.159. The number of amides is 1. The van der Waals surface area contributed by atoms with E-state index >= 15 is 0 Å². The quantitative estimate of drug-likeness (QED) is 0.734. The van der Waals surface area contributed by atoms with Gasteiger partial charge in [0.2, 0.25) is 5.91 Å². The fourth-order valence-corrected chi connectivity index (χ4v) is 3.29. The molecule has 2 heterocycles. The highest BCUT2D eigenvalue weighted by molar-refractivity contribution is 5.78. The topological polar surface area (TPSA) is 32.8 Å². The van der Waals surface area contributed by atoms with Crippen LogP contribution in [0, 0.1) is 5.92 Å². The van der Waals surface area contributed by atoms with Gasteiger partial charge in [0.15, 0.2) is 0 Å². The lowest BCUT2D eigenvalue weighted by atomic mass is 10.1. The van der Waals surface area contributed by atoms with Crippen LogP contribution in [0.5, 0.6) is 0 Å². The van der Waals surface area contributed by atoms with Gasteiger partial charge in [0.25, 0.3) is 0 Å². The number of carbonyl (C=O) groups excluding carboxylic acids is 1. The van der Waals surface area contributed by atoms with Gasteiger partial charge in [-0.2, -0.15) is 0 Å². The molecule has 0 spiro atoms. The number of rotatable bonds is 4. The SMILES string of the molecule is COCC(=O)N1CC[C@H]2[C@H]1CCN2CC(C)C. The maximum Gasteiger partial charge on any atom is 0.248 e. The summed E-state index contributed by atoms with van der Waals surface area (Å²) in [5, 5.41) is 0. The van der Waals surface area contributed by atoms with Crippen molar-refractivity contribution < 1.29 is 9.53 Å². The van der Waals surface area contributed by atoms with E-state index in [1.165, 1.54) is 0 Å². The fraction of sp³-hybridized carbons (Fsp3) is 0.923. The number of hydrogen-bond acceptors (Lipinski definition) is 3. The third-order valence-electron chi connectivity index (χ3n) is 3.88. The number of carbonyl (C=O) groups is 1. The van der Waals surface area contributed by atoms with E-state index in [2.05, 4.69) is 18.7 Å². The molecule has 1 amide bonds. The zero-order valence-electron chi connectivity index (χ0n) is 11.2. The number of likely N-dealkylation sites (tertiary alicyclic amines) is 2. The van der Waals surface area contributed by atoms with E-state index in [-0.39, 0.29) is 12.5 Å². The van der Waals surface area contributed by atoms with E-state index < -0.39 is 0 Å². The lowest BCUT2D eigenvalue weighted by molar-refractivity contribution is -0.135. The molecule has 0 aromatic carbocycles. The molecule has 98 valence electrons. The smallest absolute Gasteiger partial charge is 0.248 e. The molecule has 0 aliphatic carbocycles. The molecule has 4 heteroatoms. The first-order valence-electron chi connectivity index (χ1n) is 6.66. The minimum absolute atomic E-state index is 0.159. The standard InChI is InChI=1S/C13H24N2O2/c1-10(2)8-14-6-4-12-11(14)5-7-15(12)13(16)9-17-3/h10-12H,4-9H2,1-3H3/t11-,12+/m0/s1. The molecule has 2 atom stereocenters. The summed E-state index contributed by atoms with van der Waals surface area (Å²) in [6.45, 7) is 7.96. The summed E-state index contributed by atoms with van der Waals surface area (Å²) < 4.78 is 4.95. The summed E-state index contributed by atoms with van der Waals surface area (Å²) >= 11 is 0. The maximum absolute atomic E-state index is 11.9. The lowest BCUT2D eigenvalue weighted by Crippen LogP contribution is -2.41. The van der Waals surface area contributed by atoms with Crippen LogP contribution in [0.1, 0.15) is 26.7 Å². The highest BCUT2D eigenvalue weighted by Gasteiger charge is 2.43. The number of fused-ring (bicyclic) bond motifs is 1. The molecule has 0 radical (unpaired) electrons. The van der Waals surface area contributed by atoms with E-state index in [1.54, 1.807) is 7.11 Å². The van der Waals surface area contributed by atoms with E-state index in [0.717, 1.165) is 32.5 Å². The van der Waals surface area contributed by atoms with Crippen LogP contribution in [-0.2, 0) is 9.53 Å². The molecule has 4 nitrogen and oxygen atoms in total. The van der Waals surface area contributed by atoms with Crippen LogP contribution in [0.2, 0.25) is 0 Å². The number of methoxy groups -OCH3 is 1. The van der Waals surface area contributed by atoms with Crippen molar-refractivity contribution in [1.29, 1.82) is 0 Å². The molecule has 17 heavy (non-hydrogen) atoms. The second-order valence-corrected chi connectivity index (χ2v) is 5.62. The molecule has 0 aromatic heterocycles. The molecule has 2 saturated heterocycles. The van der Waals surface area contributed by atoms with Crippen molar-refractivity contribution in [2.45, 2.75) is 38.8 Å². The Hall–Kier alpha value is -0.610. The van der Waals surface area contributed by atoms with E-state index in [0.29, 0.717) is 18.0 Å². The zero-order valence-corrected chi connectivity index (χ0v) is 11.2. The van der Waals surface area contributed by atoms with Crippen molar-refractivity contribution in [3.05, 3.63) is 0 Å². The Morgan fingerprint density at radius 3 is 2.65 bits per heavy atom. The van der Waals surface area contributed by atoms with Crippen LogP contribution < -0.4 is 0 Å². The third kappa shape index (κ3) is 2.63. The van der Waals surface area contributed by atoms with E-state index in [4.69, 9.17) is 4.74 Å². The summed E-state index contributed by atoms with van der Waals surface area (Å²) in [4.78, 5) is 16.5. The van der Waals surface area contributed by atoms with Crippen molar-refractivity contribution in [2.24, 2.45) is 5.92 Å². The summed E-state index contributed by atoms with van der Waals surface area (Å²) in [7, 11) is 1.59. The van der Waals surface area contributed by atoms with Crippen LogP contribution in [0.3, 0.4) is 0 Å². The van der Waals surface area contributed by atoms with Crippen molar-refractivity contribution in [3.8, 4) is 0 Å². The van der Waals surface area contributed by atoms with Crippen molar-refractivity contribution >= 4 is 5.91 Å². The first-order chi connectivity index (χ1) is 8.13. The fourth-order valence-electron chi connectivity index (χ4n) is 3.29. The van der Waals surface area contributed by atoms with Crippen LogP contribution >= 0.6 is 0 Å². The lowest BCUT2D eigenvalue weighted by Gasteiger charge is -2.26. The van der Waals surface area contributed by atoms with Gasteiger partial charge in [-0.15, -0.1) is 0 Å². The minimum Gasteiger partial charge on any atom is -0.375 e. The van der Waals surface area contributed by atoms with Gasteiger partial charge in [0, 0.05) is 38.8 Å². The van der Waals surface area contributed by atoms with Crippen LogP contribution in [0.15, 0.2) is 0 Å². The number of hydrogen-bond donors (Lipinski definition) is 0. The Kier molecular flexibility index (Phi) is 4.05. The second-order valence-electron chi connectivity index (χ2n) is 5.62. The second kappa shape index (κ2) is 5.36. The molecule has 2 fully saturated rings. The predicted molar refractivity (Wildman–Crippen MR) is 66.8 cm³/mol. The van der Waals surface area contributed by atoms with Crippen molar-refractivity contribution in [1.82, 2.24) is 9.80 Å². The Balaban J connectivity index is 1.94. The van der Waals surface area contributed by atoms with Crippen LogP contribution in [0.25, 0.3) is 0 Å². The Morgan fingerprint density at radius 2 is 2.00 bits per heavy atom.